The summed E-state index contributed by atoms with van der Waals surface area (Å²) in [4.78, 5) is 10.4. The van der Waals surface area contributed by atoms with Crippen molar-refractivity contribution in [3.63, 3.8) is 0 Å². The van der Waals surface area contributed by atoms with Crippen molar-refractivity contribution in [1.29, 1.82) is 0 Å². The largest absolute Gasteiger partial charge is 0.444 e. The normalized spacial score (nSPS) is 11.0. The van der Waals surface area contributed by atoms with E-state index in [2.05, 4.69) is 51.1 Å². The van der Waals surface area contributed by atoms with E-state index in [4.69, 9.17) is 4.42 Å². The van der Waals surface area contributed by atoms with Crippen LogP contribution >= 0.6 is 35.7 Å². The molecule has 3 rings (SSSR count). The minimum Gasteiger partial charge on any atom is -0.444 e. The van der Waals surface area contributed by atoms with Crippen molar-refractivity contribution in [1.82, 2.24) is 15.6 Å². The Balaban J connectivity index is 0.00000280. The maximum atomic E-state index is 5.58. The third-order valence-electron chi connectivity index (χ3n) is 3.93. The molecule has 0 radical (unpaired) electrons. The van der Waals surface area contributed by atoms with Crippen LogP contribution in [-0.2, 0) is 13.1 Å². The first kappa shape index (κ1) is 22.3. The van der Waals surface area contributed by atoms with Gasteiger partial charge in [-0.05, 0) is 43.0 Å². The monoisotopic (exact) mass is 508 g/mol. The molecular weight excluding hydrogens is 483 g/mol. The van der Waals surface area contributed by atoms with Gasteiger partial charge in [-0.1, -0.05) is 30.3 Å². The molecule has 0 unspecified atom stereocenters. The number of benzene rings is 2. The van der Waals surface area contributed by atoms with E-state index < -0.39 is 0 Å². The highest BCUT2D eigenvalue weighted by molar-refractivity contribution is 14.0. The van der Waals surface area contributed by atoms with E-state index in [1.54, 1.807) is 18.0 Å². The van der Waals surface area contributed by atoms with Crippen LogP contribution < -0.4 is 10.6 Å². The molecule has 28 heavy (non-hydrogen) atoms. The lowest BCUT2D eigenvalue weighted by atomic mass is 10.2. The van der Waals surface area contributed by atoms with Crippen LogP contribution in [0.1, 0.15) is 18.2 Å². The molecular formula is C21H25IN4OS. The second-order valence-electron chi connectivity index (χ2n) is 5.91. The van der Waals surface area contributed by atoms with Crippen molar-refractivity contribution in [2.24, 2.45) is 4.99 Å². The van der Waals surface area contributed by atoms with E-state index in [0.717, 1.165) is 23.8 Å². The van der Waals surface area contributed by atoms with Crippen LogP contribution in [0.5, 0.6) is 0 Å². The zero-order chi connectivity index (χ0) is 18.9. The molecule has 0 aliphatic rings. The molecule has 5 nitrogen and oxygen atoms in total. The van der Waals surface area contributed by atoms with E-state index >= 15 is 0 Å². The third kappa shape index (κ3) is 6.56. The summed E-state index contributed by atoms with van der Waals surface area (Å²) >= 11 is 1.74. The molecule has 148 valence electrons. The lowest BCUT2D eigenvalue weighted by molar-refractivity contribution is 0.572. The Bertz CT molecular complexity index is 866. The van der Waals surface area contributed by atoms with Gasteiger partial charge in [0, 0.05) is 17.0 Å². The zero-order valence-corrected chi connectivity index (χ0v) is 19.2. The lowest BCUT2D eigenvalue weighted by Crippen LogP contribution is -2.36. The molecule has 0 bridgehead atoms. The molecule has 3 aromatic rings. The van der Waals surface area contributed by atoms with Crippen molar-refractivity contribution >= 4 is 41.7 Å². The molecule has 0 amide bonds. The van der Waals surface area contributed by atoms with E-state index in [-0.39, 0.29) is 24.0 Å². The number of aromatic nitrogens is 1. The number of guanidine groups is 1. The van der Waals surface area contributed by atoms with E-state index in [0.29, 0.717) is 19.0 Å². The fraction of sp³-hybridized carbons (Fsp3) is 0.238. The highest BCUT2D eigenvalue weighted by Gasteiger charge is 2.07. The van der Waals surface area contributed by atoms with E-state index in [9.17, 15) is 0 Å². The van der Waals surface area contributed by atoms with Crippen LogP contribution in [0, 0.1) is 0 Å². The molecule has 0 saturated heterocycles. The average Bonchev–Trinajstić information content (AvgIpc) is 3.20. The summed E-state index contributed by atoms with van der Waals surface area (Å²) in [5, 5.41) is 6.57. The summed E-state index contributed by atoms with van der Waals surface area (Å²) in [5.41, 5.74) is 2.99. The predicted octanol–water partition coefficient (Wildman–Crippen LogP) is 4.94. The molecule has 7 heteroatoms. The van der Waals surface area contributed by atoms with Gasteiger partial charge in [0.25, 0.3) is 0 Å². The third-order valence-corrected chi connectivity index (χ3v) is 4.68. The van der Waals surface area contributed by atoms with Gasteiger partial charge in [-0.3, -0.25) is 0 Å². The summed E-state index contributed by atoms with van der Waals surface area (Å²) in [7, 11) is 0. The summed E-state index contributed by atoms with van der Waals surface area (Å²) in [6.07, 6.45) is 3.76. The zero-order valence-electron chi connectivity index (χ0n) is 16.0. The number of aliphatic imine (C=N–C) groups is 1. The topological polar surface area (TPSA) is 62.5 Å². The number of thioether (sulfide) groups is 1. The fourth-order valence-corrected chi connectivity index (χ4v) is 2.93. The van der Waals surface area contributed by atoms with Crippen molar-refractivity contribution in [2.45, 2.75) is 24.9 Å². The number of nitrogens with one attached hydrogen (secondary N) is 2. The lowest BCUT2D eigenvalue weighted by Gasteiger charge is -2.10. The smallest absolute Gasteiger partial charge is 0.226 e. The summed E-state index contributed by atoms with van der Waals surface area (Å²) in [5.74, 6) is 1.39. The van der Waals surface area contributed by atoms with Gasteiger partial charge in [0.05, 0.1) is 18.8 Å². The second kappa shape index (κ2) is 11.8. The molecule has 1 aromatic heterocycles. The van der Waals surface area contributed by atoms with Crippen molar-refractivity contribution < 1.29 is 4.42 Å². The second-order valence-corrected chi connectivity index (χ2v) is 6.79. The molecule has 0 aliphatic carbocycles. The van der Waals surface area contributed by atoms with Gasteiger partial charge in [-0.2, -0.15) is 0 Å². The highest BCUT2D eigenvalue weighted by Crippen LogP contribution is 2.18. The molecule has 0 spiro atoms. The Morgan fingerprint density at radius 1 is 1.07 bits per heavy atom. The maximum absolute atomic E-state index is 5.58. The first-order valence-corrected chi connectivity index (χ1v) is 10.2. The summed E-state index contributed by atoms with van der Waals surface area (Å²) < 4.78 is 5.58. The SMILES string of the molecule is CCNC(=NCc1ccc(SC)cc1)NCc1coc(-c2ccccc2)n1.I. The van der Waals surface area contributed by atoms with Gasteiger partial charge < -0.3 is 15.1 Å². The first-order chi connectivity index (χ1) is 13.3. The Hall–Kier alpha value is -2.00. The van der Waals surface area contributed by atoms with Crippen molar-refractivity contribution in [3.05, 3.63) is 72.1 Å². The maximum Gasteiger partial charge on any atom is 0.226 e. The van der Waals surface area contributed by atoms with Gasteiger partial charge in [0.1, 0.15) is 6.26 Å². The van der Waals surface area contributed by atoms with Gasteiger partial charge in [0.2, 0.25) is 5.89 Å². The highest BCUT2D eigenvalue weighted by atomic mass is 127. The van der Waals surface area contributed by atoms with Crippen LogP contribution in [0.25, 0.3) is 11.5 Å². The van der Waals surface area contributed by atoms with E-state index in [1.165, 1.54) is 10.5 Å². The van der Waals surface area contributed by atoms with Gasteiger partial charge in [-0.25, -0.2) is 9.98 Å². The van der Waals surface area contributed by atoms with Gasteiger partial charge >= 0.3 is 0 Å². The van der Waals surface area contributed by atoms with Crippen molar-refractivity contribution in [2.75, 3.05) is 12.8 Å². The standard InChI is InChI=1S/C21H24N4OS.HI/c1-3-22-21(23-13-16-9-11-19(27-2)12-10-16)24-14-18-15-26-20(25-18)17-7-5-4-6-8-17;/h4-12,15H,3,13-14H2,1-2H3,(H2,22,23,24);1H. The van der Waals surface area contributed by atoms with Crippen LogP contribution in [0.3, 0.4) is 0 Å². The number of hydrogen-bond acceptors (Lipinski definition) is 4. The molecule has 0 fully saturated rings. The van der Waals surface area contributed by atoms with Gasteiger partial charge in [-0.15, -0.1) is 35.7 Å². The first-order valence-electron chi connectivity index (χ1n) is 8.93. The van der Waals surface area contributed by atoms with Gasteiger partial charge in [0.15, 0.2) is 5.96 Å². The minimum atomic E-state index is 0. The molecule has 2 aromatic carbocycles. The Kier molecular flexibility index (Phi) is 9.36. The predicted molar refractivity (Wildman–Crippen MR) is 127 cm³/mol. The number of oxazole rings is 1. The average molecular weight is 508 g/mol. The quantitative estimate of drug-likeness (QED) is 0.205. The Morgan fingerprint density at radius 2 is 1.82 bits per heavy atom. The molecule has 2 N–H and O–H groups in total. The van der Waals surface area contributed by atoms with Crippen LogP contribution in [-0.4, -0.2) is 23.7 Å². The number of hydrogen-bond donors (Lipinski definition) is 2. The molecule has 0 saturated carbocycles. The minimum absolute atomic E-state index is 0. The number of nitrogens with zero attached hydrogens (tertiary/aromatic N) is 2. The Morgan fingerprint density at radius 3 is 2.50 bits per heavy atom. The summed E-state index contributed by atoms with van der Waals surface area (Å²) in [6.45, 7) is 4.02. The van der Waals surface area contributed by atoms with Crippen molar-refractivity contribution in [3.8, 4) is 11.5 Å². The van der Waals surface area contributed by atoms with Crippen LogP contribution in [0.15, 0.2) is 75.2 Å². The van der Waals surface area contributed by atoms with Crippen LogP contribution in [0.4, 0.5) is 0 Å². The number of halogens is 1. The molecule has 0 atom stereocenters. The Labute approximate surface area is 187 Å². The number of rotatable bonds is 7. The fourth-order valence-electron chi connectivity index (χ4n) is 2.52. The summed E-state index contributed by atoms with van der Waals surface area (Å²) in [6, 6.07) is 18.4. The molecule has 1 heterocycles. The van der Waals surface area contributed by atoms with Crippen LogP contribution in [0.2, 0.25) is 0 Å². The van der Waals surface area contributed by atoms with E-state index in [1.807, 2.05) is 37.3 Å². The molecule has 0 aliphatic heterocycles.